The van der Waals surface area contributed by atoms with Gasteiger partial charge in [-0.1, -0.05) is 22.6 Å². The van der Waals surface area contributed by atoms with Crippen molar-refractivity contribution in [1.29, 1.82) is 0 Å². The molecular weight excluding hydrogens is 221 g/mol. The van der Waals surface area contributed by atoms with Crippen molar-refractivity contribution >= 4 is 22.6 Å². The smallest absolute Gasteiger partial charge is 0.217 e. The number of nitrogens with zero attached hydrogens (tertiary/aromatic N) is 1. The molecule has 0 spiro atoms. The quantitative estimate of drug-likeness (QED) is 0.306. The fourth-order valence-electron chi connectivity index (χ4n) is 0.656. The van der Waals surface area contributed by atoms with Crippen molar-refractivity contribution in [2.45, 2.75) is 12.5 Å². The summed E-state index contributed by atoms with van der Waals surface area (Å²) < 4.78 is 0.934. The Hall–Kier alpha value is 0.130. The molecule has 0 aliphatic heterocycles. The minimum absolute atomic E-state index is 0.177. The molecule has 1 rings (SSSR count). The number of nitro groups is 1. The first kappa shape index (κ1) is 6.25. The van der Waals surface area contributed by atoms with Gasteiger partial charge in [0.15, 0.2) is 0 Å². The average Bonchev–Trinajstić information content (AvgIpc) is 2.42. The lowest BCUT2D eigenvalue weighted by atomic mass is 10.5. The molecule has 46 valence electrons. The molecule has 0 unspecified atom stereocenters. The molecule has 0 aromatic carbocycles. The van der Waals surface area contributed by atoms with Gasteiger partial charge in [-0.3, -0.25) is 10.1 Å². The molecule has 0 aromatic rings. The maximum Gasteiger partial charge on any atom is 0.217 e. The Balaban J connectivity index is 2.26. The molecule has 3 nitrogen and oxygen atoms in total. The van der Waals surface area contributed by atoms with Gasteiger partial charge in [0.1, 0.15) is 0 Å². The van der Waals surface area contributed by atoms with Gasteiger partial charge < -0.3 is 0 Å². The molecule has 0 saturated heterocycles. The van der Waals surface area contributed by atoms with Gasteiger partial charge in [-0.2, -0.15) is 0 Å². The molecule has 0 heterocycles. The van der Waals surface area contributed by atoms with Gasteiger partial charge >= 0.3 is 0 Å². The molecule has 1 aliphatic carbocycles. The van der Waals surface area contributed by atoms with E-state index in [0.717, 1.165) is 10.8 Å². The third kappa shape index (κ3) is 1.10. The predicted molar refractivity (Wildman–Crippen MR) is 37.8 cm³/mol. The Bertz CT molecular complexity index is 117. The average molecular weight is 227 g/mol. The SMILES string of the molecule is O=[N+]([O-])[C@@H]1C[C@H]1CI. The zero-order valence-corrected chi connectivity index (χ0v) is 6.37. The Morgan fingerprint density at radius 2 is 2.50 bits per heavy atom. The zero-order chi connectivity index (χ0) is 6.15. The fourth-order valence-corrected chi connectivity index (χ4v) is 1.60. The van der Waals surface area contributed by atoms with E-state index in [-0.39, 0.29) is 11.0 Å². The van der Waals surface area contributed by atoms with Gasteiger partial charge in [0.05, 0.1) is 0 Å². The van der Waals surface area contributed by atoms with E-state index in [1.807, 2.05) is 0 Å². The van der Waals surface area contributed by atoms with Gasteiger partial charge in [0, 0.05) is 21.7 Å². The minimum atomic E-state index is -0.202. The lowest BCUT2D eigenvalue weighted by Crippen LogP contribution is -2.03. The van der Waals surface area contributed by atoms with Crippen LogP contribution in [0.1, 0.15) is 6.42 Å². The van der Waals surface area contributed by atoms with Crippen LogP contribution in [0.4, 0.5) is 0 Å². The van der Waals surface area contributed by atoms with E-state index in [4.69, 9.17) is 0 Å². The van der Waals surface area contributed by atoms with Crippen molar-refractivity contribution < 1.29 is 4.92 Å². The minimum Gasteiger partial charge on any atom is -0.264 e. The summed E-state index contributed by atoms with van der Waals surface area (Å²) in [5.41, 5.74) is 0. The highest BCUT2D eigenvalue weighted by atomic mass is 127. The summed E-state index contributed by atoms with van der Waals surface area (Å²) in [5, 5.41) is 9.93. The van der Waals surface area contributed by atoms with Crippen LogP contribution in [0.2, 0.25) is 0 Å². The van der Waals surface area contributed by atoms with Crippen LogP contribution >= 0.6 is 22.6 Å². The van der Waals surface area contributed by atoms with Crippen LogP contribution in [0.3, 0.4) is 0 Å². The number of halogens is 1. The first-order valence-electron chi connectivity index (χ1n) is 2.45. The van der Waals surface area contributed by atoms with E-state index in [1.54, 1.807) is 0 Å². The van der Waals surface area contributed by atoms with Crippen molar-refractivity contribution in [1.82, 2.24) is 0 Å². The molecule has 1 aliphatic rings. The first-order chi connectivity index (χ1) is 3.75. The summed E-state index contributed by atoms with van der Waals surface area (Å²) in [7, 11) is 0. The molecule has 1 fully saturated rings. The van der Waals surface area contributed by atoms with Crippen LogP contribution in [-0.2, 0) is 0 Å². The summed E-state index contributed by atoms with van der Waals surface area (Å²) in [6.07, 6.45) is 0.802. The predicted octanol–water partition coefficient (Wildman–Crippen LogP) is 1.09. The van der Waals surface area contributed by atoms with E-state index in [9.17, 15) is 10.1 Å². The molecule has 2 atom stereocenters. The highest BCUT2D eigenvalue weighted by molar-refractivity contribution is 14.1. The molecule has 0 amide bonds. The Morgan fingerprint density at radius 1 is 1.88 bits per heavy atom. The van der Waals surface area contributed by atoms with Crippen LogP contribution in [0.15, 0.2) is 0 Å². The van der Waals surface area contributed by atoms with Crippen molar-refractivity contribution in [2.24, 2.45) is 5.92 Å². The van der Waals surface area contributed by atoms with Gasteiger partial charge in [-0.15, -0.1) is 0 Å². The topological polar surface area (TPSA) is 43.1 Å². The lowest BCUT2D eigenvalue weighted by Gasteiger charge is -1.83. The highest BCUT2D eigenvalue weighted by Crippen LogP contribution is 2.34. The normalized spacial score (nSPS) is 34.6. The van der Waals surface area contributed by atoms with Gasteiger partial charge in [-0.25, -0.2) is 0 Å². The molecular formula is C4H6INO2. The van der Waals surface area contributed by atoms with Crippen molar-refractivity contribution in [3.05, 3.63) is 10.1 Å². The van der Waals surface area contributed by atoms with Crippen LogP contribution in [0.5, 0.6) is 0 Å². The first-order valence-corrected chi connectivity index (χ1v) is 3.97. The zero-order valence-electron chi connectivity index (χ0n) is 4.21. The third-order valence-corrected chi connectivity index (χ3v) is 2.49. The van der Waals surface area contributed by atoms with E-state index < -0.39 is 0 Å². The van der Waals surface area contributed by atoms with Crippen molar-refractivity contribution in [3.63, 3.8) is 0 Å². The summed E-state index contributed by atoms with van der Waals surface area (Å²) >= 11 is 2.18. The van der Waals surface area contributed by atoms with Gasteiger partial charge in [0.25, 0.3) is 0 Å². The Labute approximate surface area is 60.7 Å². The molecule has 0 bridgehead atoms. The van der Waals surface area contributed by atoms with Gasteiger partial charge in [0.2, 0.25) is 6.04 Å². The summed E-state index contributed by atoms with van der Waals surface area (Å²) in [5.74, 6) is 0.380. The third-order valence-electron chi connectivity index (χ3n) is 1.35. The maximum absolute atomic E-state index is 9.93. The van der Waals surface area contributed by atoms with E-state index >= 15 is 0 Å². The van der Waals surface area contributed by atoms with Crippen LogP contribution in [0.25, 0.3) is 0 Å². The fraction of sp³-hybridized carbons (Fsp3) is 1.00. The van der Waals surface area contributed by atoms with Crippen molar-refractivity contribution in [3.8, 4) is 0 Å². The van der Waals surface area contributed by atoms with Gasteiger partial charge in [-0.05, 0) is 0 Å². The molecule has 0 radical (unpaired) electrons. The highest BCUT2D eigenvalue weighted by Gasteiger charge is 2.46. The van der Waals surface area contributed by atoms with Crippen LogP contribution in [0, 0.1) is 16.0 Å². The molecule has 4 heteroatoms. The summed E-state index contributed by atoms with van der Waals surface area (Å²) in [6, 6.07) is -0.202. The number of hydrogen-bond acceptors (Lipinski definition) is 2. The second-order valence-electron chi connectivity index (χ2n) is 2.00. The van der Waals surface area contributed by atoms with Crippen molar-refractivity contribution in [2.75, 3.05) is 4.43 Å². The second-order valence-corrected chi connectivity index (χ2v) is 2.88. The Morgan fingerprint density at radius 3 is 2.62 bits per heavy atom. The van der Waals surface area contributed by atoms with E-state index in [1.165, 1.54) is 0 Å². The molecule has 0 aromatic heterocycles. The standard InChI is InChI=1S/C4H6INO2/c5-2-3-1-4(3)6(7)8/h3-4H,1-2H2/t3-,4+/m0/s1. The van der Waals surface area contributed by atoms with Crippen LogP contribution in [-0.4, -0.2) is 15.4 Å². The van der Waals surface area contributed by atoms with Crippen LogP contribution < -0.4 is 0 Å². The largest absolute Gasteiger partial charge is 0.264 e. The molecule has 8 heavy (non-hydrogen) atoms. The Kier molecular flexibility index (Phi) is 1.69. The summed E-state index contributed by atoms with van der Waals surface area (Å²) in [6.45, 7) is 0. The monoisotopic (exact) mass is 227 g/mol. The molecule has 1 saturated carbocycles. The number of hydrogen-bond donors (Lipinski definition) is 0. The van der Waals surface area contributed by atoms with E-state index in [2.05, 4.69) is 22.6 Å². The number of rotatable bonds is 2. The second kappa shape index (κ2) is 2.16. The maximum atomic E-state index is 9.93. The molecule has 0 N–H and O–H groups in total. The lowest BCUT2D eigenvalue weighted by molar-refractivity contribution is -0.497. The van der Waals surface area contributed by atoms with E-state index in [0.29, 0.717) is 5.92 Å². The number of alkyl halides is 1. The summed E-state index contributed by atoms with van der Waals surface area (Å²) in [4.78, 5) is 9.76.